The molecule has 5 heteroatoms. The maximum absolute atomic E-state index is 11.3. The molecule has 2 rings (SSSR count). The number of ether oxygens (including phenoxy) is 2. The molecular formula is C10H9NO4. The molecule has 0 spiro atoms. The van der Waals surface area contributed by atoms with Crippen molar-refractivity contribution >= 4 is 16.9 Å². The van der Waals surface area contributed by atoms with Crippen LogP contribution in [0.3, 0.4) is 0 Å². The van der Waals surface area contributed by atoms with Gasteiger partial charge in [-0.1, -0.05) is 5.16 Å². The summed E-state index contributed by atoms with van der Waals surface area (Å²) in [7, 11) is 2.84. The van der Waals surface area contributed by atoms with Crippen molar-refractivity contribution in [2.75, 3.05) is 14.2 Å². The van der Waals surface area contributed by atoms with E-state index in [1.807, 2.05) is 0 Å². The van der Waals surface area contributed by atoms with E-state index in [0.717, 1.165) is 0 Å². The third kappa shape index (κ3) is 1.52. The molecule has 5 nitrogen and oxygen atoms in total. The Balaban J connectivity index is 2.61. The SMILES string of the molecule is COC(=O)c1noc2ccc(OC)cc12. The molecule has 0 N–H and O–H groups in total. The van der Waals surface area contributed by atoms with E-state index in [9.17, 15) is 4.79 Å². The summed E-state index contributed by atoms with van der Waals surface area (Å²) in [5.41, 5.74) is 0.683. The third-order valence-corrected chi connectivity index (χ3v) is 2.06. The Labute approximate surface area is 85.6 Å². The van der Waals surface area contributed by atoms with Crippen LogP contribution in [0.25, 0.3) is 11.0 Å². The molecule has 0 fully saturated rings. The summed E-state index contributed by atoms with van der Waals surface area (Å²) in [6, 6.07) is 5.10. The molecule has 2 aromatic rings. The van der Waals surface area contributed by atoms with Gasteiger partial charge in [-0.3, -0.25) is 0 Å². The van der Waals surface area contributed by atoms with E-state index in [1.165, 1.54) is 7.11 Å². The van der Waals surface area contributed by atoms with Crippen LogP contribution in [-0.4, -0.2) is 25.3 Å². The first-order valence-electron chi connectivity index (χ1n) is 4.28. The zero-order valence-corrected chi connectivity index (χ0v) is 8.31. The summed E-state index contributed by atoms with van der Waals surface area (Å²) >= 11 is 0. The lowest BCUT2D eigenvalue weighted by Crippen LogP contribution is -2.01. The molecule has 0 unspecified atom stereocenters. The van der Waals surface area contributed by atoms with Crippen LogP contribution in [0.4, 0.5) is 0 Å². The van der Waals surface area contributed by atoms with Crippen LogP contribution in [0.2, 0.25) is 0 Å². The van der Waals surface area contributed by atoms with Gasteiger partial charge < -0.3 is 14.0 Å². The number of nitrogens with zero attached hydrogens (tertiary/aromatic N) is 1. The van der Waals surface area contributed by atoms with E-state index in [2.05, 4.69) is 9.89 Å². The highest BCUT2D eigenvalue weighted by Gasteiger charge is 2.16. The molecule has 1 aromatic carbocycles. The monoisotopic (exact) mass is 207 g/mol. The topological polar surface area (TPSA) is 61.6 Å². The number of fused-ring (bicyclic) bond motifs is 1. The number of aromatic nitrogens is 1. The van der Waals surface area contributed by atoms with Gasteiger partial charge in [0, 0.05) is 0 Å². The van der Waals surface area contributed by atoms with Gasteiger partial charge in [0.25, 0.3) is 0 Å². The van der Waals surface area contributed by atoms with Crippen molar-refractivity contribution in [3.05, 3.63) is 23.9 Å². The van der Waals surface area contributed by atoms with Crippen molar-refractivity contribution in [1.29, 1.82) is 0 Å². The van der Waals surface area contributed by atoms with Crippen LogP contribution < -0.4 is 4.74 Å². The van der Waals surface area contributed by atoms with E-state index in [4.69, 9.17) is 9.26 Å². The van der Waals surface area contributed by atoms with Gasteiger partial charge in [-0.05, 0) is 18.2 Å². The molecule has 0 saturated carbocycles. The number of carbonyl (C=O) groups excluding carboxylic acids is 1. The van der Waals surface area contributed by atoms with E-state index >= 15 is 0 Å². The first-order chi connectivity index (χ1) is 7.26. The van der Waals surface area contributed by atoms with Crippen molar-refractivity contribution in [1.82, 2.24) is 5.16 Å². The number of hydrogen-bond donors (Lipinski definition) is 0. The Hall–Kier alpha value is -2.04. The predicted octanol–water partition coefficient (Wildman–Crippen LogP) is 1.62. The zero-order chi connectivity index (χ0) is 10.8. The van der Waals surface area contributed by atoms with Gasteiger partial charge in [-0.2, -0.15) is 0 Å². The van der Waals surface area contributed by atoms with Crippen LogP contribution in [0.15, 0.2) is 22.7 Å². The van der Waals surface area contributed by atoms with Crippen LogP contribution in [0, 0.1) is 0 Å². The molecule has 15 heavy (non-hydrogen) atoms. The Bertz CT molecular complexity index is 503. The van der Waals surface area contributed by atoms with Gasteiger partial charge in [0.05, 0.1) is 19.6 Å². The van der Waals surface area contributed by atoms with E-state index in [-0.39, 0.29) is 5.69 Å². The molecule has 0 amide bonds. The van der Waals surface area contributed by atoms with Crippen molar-refractivity contribution in [2.45, 2.75) is 0 Å². The Morgan fingerprint density at radius 2 is 2.20 bits per heavy atom. The lowest BCUT2D eigenvalue weighted by Gasteiger charge is -1.98. The minimum absolute atomic E-state index is 0.159. The summed E-state index contributed by atoms with van der Waals surface area (Å²) < 4.78 is 14.6. The fourth-order valence-corrected chi connectivity index (χ4v) is 1.29. The highest BCUT2D eigenvalue weighted by molar-refractivity contribution is 6.01. The fourth-order valence-electron chi connectivity index (χ4n) is 1.29. The minimum Gasteiger partial charge on any atom is -0.497 e. The smallest absolute Gasteiger partial charge is 0.360 e. The van der Waals surface area contributed by atoms with Gasteiger partial charge in [-0.25, -0.2) is 4.79 Å². The molecule has 0 aliphatic carbocycles. The van der Waals surface area contributed by atoms with Crippen LogP contribution in [0.5, 0.6) is 5.75 Å². The second-order valence-electron chi connectivity index (χ2n) is 2.88. The number of hydrogen-bond acceptors (Lipinski definition) is 5. The maximum Gasteiger partial charge on any atom is 0.360 e. The lowest BCUT2D eigenvalue weighted by atomic mass is 10.2. The molecule has 1 heterocycles. The highest BCUT2D eigenvalue weighted by Crippen LogP contribution is 2.23. The largest absolute Gasteiger partial charge is 0.497 e. The summed E-state index contributed by atoms with van der Waals surface area (Å²) in [6.45, 7) is 0. The Morgan fingerprint density at radius 1 is 1.40 bits per heavy atom. The van der Waals surface area contributed by atoms with Crippen molar-refractivity contribution in [3.63, 3.8) is 0 Å². The van der Waals surface area contributed by atoms with E-state index in [0.29, 0.717) is 16.7 Å². The van der Waals surface area contributed by atoms with Crippen LogP contribution >= 0.6 is 0 Å². The summed E-state index contributed by atoms with van der Waals surface area (Å²) in [5, 5.41) is 4.22. The van der Waals surface area contributed by atoms with E-state index < -0.39 is 5.97 Å². The third-order valence-electron chi connectivity index (χ3n) is 2.06. The lowest BCUT2D eigenvalue weighted by molar-refractivity contribution is 0.0591. The zero-order valence-electron chi connectivity index (χ0n) is 8.31. The van der Waals surface area contributed by atoms with Crippen molar-refractivity contribution < 1.29 is 18.8 Å². The Kier molecular flexibility index (Phi) is 2.29. The average molecular weight is 207 g/mol. The molecular weight excluding hydrogens is 198 g/mol. The number of benzene rings is 1. The number of esters is 1. The van der Waals surface area contributed by atoms with E-state index in [1.54, 1.807) is 25.3 Å². The molecule has 0 bridgehead atoms. The number of rotatable bonds is 2. The number of carbonyl (C=O) groups is 1. The first kappa shape index (κ1) is 9.51. The second kappa shape index (κ2) is 3.61. The van der Waals surface area contributed by atoms with Crippen molar-refractivity contribution in [2.24, 2.45) is 0 Å². The van der Waals surface area contributed by atoms with Gasteiger partial charge in [0.15, 0.2) is 11.3 Å². The van der Waals surface area contributed by atoms with Crippen LogP contribution in [-0.2, 0) is 4.74 Å². The Morgan fingerprint density at radius 3 is 2.87 bits per heavy atom. The second-order valence-corrected chi connectivity index (χ2v) is 2.88. The quantitative estimate of drug-likeness (QED) is 0.700. The predicted molar refractivity (Wildman–Crippen MR) is 51.9 cm³/mol. The molecule has 1 aromatic heterocycles. The number of methoxy groups -OCH3 is 2. The van der Waals surface area contributed by atoms with Gasteiger partial charge in [0.2, 0.25) is 0 Å². The standard InChI is InChI=1S/C10H9NO4/c1-13-6-3-4-8-7(5-6)9(11-15-8)10(12)14-2/h3-5H,1-2H3. The van der Waals surface area contributed by atoms with Gasteiger partial charge >= 0.3 is 5.97 Å². The molecule has 0 aliphatic heterocycles. The maximum atomic E-state index is 11.3. The van der Waals surface area contributed by atoms with Crippen molar-refractivity contribution in [3.8, 4) is 5.75 Å². The highest BCUT2D eigenvalue weighted by atomic mass is 16.5. The normalized spacial score (nSPS) is 10.3. The molecule has 0 radical (unpaired) electrons. The molecule has 0 atom stereocenters. The fraction of sp³-hybridized carbons (Fsp3) is 0.200. The van der Waals surface area contributed by atoms with Gasteiger partial charge in [-0.15, -0.1) is 0 Å². The average Bonchev–Trinajstić information content (AvgIpc) is 2.70. The van der Waals surface area contributed by atoms with Crippen LogP contribution in [0.1, 0.15) is 10.5 Å². The van der Waals surface area contributed by atoms with Gasteiger partial charge in [0.1, 0.15) is 5.75 Å². The first-order valence-corrected chi connectivity index (χ1v) is 4.28. The molecule has 0 aliphatic rings. The molecule has 78 valence electrons. The summed E-state index contributed by atoms with van der Waals surface area (Å²) in [6.07, 6.45) is 0. The minimum atomic E-state index is -0.526. The summed E-state index contributed by atoms with van der Waals surface area (Å²) in [5.74, 6) is 0.109. The summed E-state index contributed by atoms with van der Waals surface area (Å²) in [4.78, 5) is 11.3. The molecule has 0 saturated heterocycles.